The molecule has 1 spiro atoms. The maximum atomic E-state index is 12.3. The van der Waals surface area contributed by atoms with Crippen LogP contribution in [0.15, 0.2) is 41.8 Å². The fourth-order valence-electron chi connectivity index (χ4n) is 5.13. The highest BCUT2D eigenvalue weighted by molar-refractivity contribution is 7.10. The van der Waals surface area contributed by atoms with Gasteiger partial charge in [0.15, 0.2) is 0 Å². The second kappa shape index (κ2) is 11.7. The Kier molecular flexibility index (Phi) is 8.64. The molecule has 3 heterocycles. The summed E-state index contributed by atoms with van der Waals surface area (Å²) >= 11 is 1.76. The maximum Gasteiger partial charge on any atom is 0.251 e. The average Bonchev–Trinajstić information content (AvgIpc) is 3.39. The summed E-state index contributed by atoms with van der Waals surface area (Å²) in [5.41, 5.74) is 1.08. The number of carbonyl (C=O) groups excluding carboxylic acids is 1. The number of rotatable bonds is 10. The van der Waals surface area contributed by atoms with Gasteiger partial charge in [0.1, 0.15) is 18.0 Å². The minimum absolute atomic E-state index is 0.0677. The number of hydrogen-bond acceptors (Lipinski definition) is 6. The topological polar surface area (TPSA) is 54.0 Å². The number of nitrogens with one attached hydrogen (secondary N) is 1. The van der Waals surface area contributed by atoms with Crippen molar-refractivity contribution in [2.24, 2.45) is 0 Å². The predicted molar refractivity (Wildman–Crippen MR) is 138 cm³/mol. The molecule has 0 bridgehead atoms. The molecule has 2 aliphatic rings. The molecule has 1 aromatic heterocycles. The van der Waals surface area contributed by atoms with E-state index in [0.29, 0.717) is 6.54 Å². The van der Waals surface area contributed by atoms with Crippen molar-refractivity contribution in [3.8, 4) is 5.75 Å². The Morgan fingerprint density at radius 3 is 2.74 bits per heavy atom. The summed E-state index contributed by atoms with van der Waals surface area (Å²) < 4.78 is 12.9. The van der Waals surface area contributed by atoms with Crippen molar-refractivity contribution in [3.05, 3.63) is 52.2 Å². The van der Waals surface area contributed by atoms with Crippen LogP contribution in [0.3, 0.4) is 0 Å². The van der Waals surface area contributed by atoms with E-state index in [-0.39, 0.29) is 23.7 Å². The molecule has 1 aromatic carbocycles. The molecule has 4 rings (SSSR count). The van der Waals surface area contributed by atoms with Gasteiger partial charge in [0, 0.05) is 44.5 Å². The van der Waals surface area contributed by atoms with E-state index in [9.17, 15) is 4.79 Å². The first kappa shape index (κ1) is 25.2. The fraction of sp³-hybridized carbons (Fsp3) is 0.593. The summed E-state index contributed by atoms with van der Waals surface area (Å²) in [5.74, 6) is 1.12. The Morgan fingerprint density at radius 2 is 2.03 bits per heavy atom. The first-order chi connectivity index (χ1) is 16.5. The number of para-hydroxylation sites is 1. The highest BCUT2D eigenvalue weighted by atomic mass is 32.1. The maximum absolute atomic E-state index is 12.3. The van der Waals surface area contributed by atoms with Crippen molar-refractivity contribution in [3.63, 3.8) is 0 Å². The van der Waals surface area contributed by atoms with Gasteiger partial charge in [-0.15, -0.1) is 11.3 Å². The number of likely N-dealkylation sites (N-methyl/N-ethyl adjacent to an activating group) is 1. The molecule has 2 aliphatic heterocycles. The lowest BCUT2D eigenvalue weighted by molar-refractivity contribution is -0.190. The number of ether oxygens (including phenoxy) is 2. The number of hydrogen-bond donors (Lipinski definition) is 1. The number of amides is 1. The molecule has 7 heteroatoms. The third-order valence-electron chi connectivity index (χ3n) is 7.16. The number of benzene rings is 1. The number of likely N-dealkylation sites (tertiary alicyclic amines) is 1. The van der Waals surface area contributed by atoms with Crippen molar-refractivity contribution in [1.29, 1.82) is 0 Å². The van der Waals surface area contributed by atoms with Crippen LogP contribution in [-0.4, -0.2) is 74.2 Å². The molecule has 1 amide bonds. The predicted octanol–water partition coefficient (Wildman–Crippen LogP) is 4.12. The Bertz CT molecular complexity index is 912. The zero-order chi connectivity index (χ0) is 24.0. The van der Waals surface area contributed by atoms with Crippen LogP contribution in [0.4, 0.5) is 0 Å². The standard InChI is InChI=1S/C27H39N3O3S/c1-4-22-26(31)29(3)20-27(33-22)13-17-30(18-14-27)16-12-21-8-5-6-9-23(21)32-24(11-15-28-2)25-10-7-19-34-25/h5-10,19,22,24,28H,4,11-18,20H2,1-3H3/t22-,24-/m1/s1. The molecule has 6 nitrogen and oxygen atoms in total. The van der Waals surface area contributed by atoms with E-state index in [2.05, 4.69) is 52.0 Å². The third kappa shape index (κ3) is 6.00. The summed E-state index contributed by atoms with van der Waals surface area (Å²) in [6.45, 7) is 6.67. The van der Waals surface area contributed by atoms with Crippen LogP contribution in [-0.2, 0) is 16.0 Å². The van der Waals surface area contributed by atoms with Gasteiger partial charge in [-0.25, -0.2) is 0 Å². The Labute approximate surface area is 208 Å². The minimum Gasteiger partial charge on any atom is -0.485 e. The van der Waals surface area contributed by atoms with Gasteiger partial charge < -0.3 is 24.6 Å². The van der Waals surface area contributed by atoms with Crippen molar-refractivity contribution in [2.75, 3.05) is 46.8 Å². The SMILES string of the molecule is CC[C@H]1OC2(CCN(CCc3ccccc3O[C@H](CCNC)c3cccs3)CC2)CN(C)C1=O. The molecule has 0 radical (unpaired) electrons. The van der Waals surface area contributed by atoms with Gasteiger partial charge in [0.05, 0.1) is 5.60 Å². The summed E-state index contributed by atoms with van der Waals surface area (Å²) in [6.07, 6.45) is 4.38. The van der Waals surface area contributed by atoms with E-state index in [1.54, 1.807) is 11.3 Å². The Hall–Kier alpha value is -1.93. The van der Waals surface area contributed by atoms with E-state index in [4.69, 9.17) is 9.47 Å². The number of piperidine rings is 1. The van der Waals surface area contributed by atoms with E-state index in [0.717, 1.165) is 64.0 Å². The lowest BCUT2D eigenvalue weighted by Crippen LogP contribution is -2.60. The Balaban J connectivity index is 1.34. The van der Waals surface area contributed by atoms with Crippen LogP contribution in [0.1, 0.15) is 49.2 Å². The lowest BCUT2D eigenvalue weighted by atomic mass is 9.88. The summed E-state index contributed by atoms with van der Waals surface area (Å²) in [7, 11) is 3.90. The number of nitrogens with zero attached hydrogens (tertiary/aromatic N) is 2. The Morgan fingerprint density at radius 1 is 1.24 bits per heavy atom. The van der Waals surface area contributed by atoms with Crippen LogP contribution in [0, 0.1) is 0 Å². The van der Waals surface area contributed by atoms with Crippen molar-refractivity contribution in [1.82, 2.24) is 15.1 Å². The normalized spacial score (nSPS) is 21.7. The molecule has 2 aromatic rings. The van der Waals surface area contributed by atoms with Gasteiger partial charge in [0.25, 0.3) is 5.91 Å². The quantitative estimate of drug-likeness (QED) is 0.549. The van der Waals surface area contributed by atoms with Crippen LogP contribution in [0.5, 0.6) is 5.75 Å². The average molecular weight is 486 g/mol. The van der Waals surface area contributed by atoms with Crippen LogP contribution >= 0.6 is 11.3 Å². The summed E-state index contributed by atoms with van der Waals surface area (Å²) in [5, 5.41) is 5.37. The molecule has 2 saturated heterocycles. The smallest absolute Gasteiger partial charge is 0.251 e. The van der Waals surface area contributed by atoms with Gasteiger partial charge in [-0.3, -0.25) is 4.79 Å². The van der Waals surface area contributed by atoms with E-state index >= 15 is 0 Å². The highest BCUT2D eigenvalue weighted by Gasteiger charge is 2.44. The monoisotopic (exact) mass is 485 g/mol. The van der Waals surface area contributed by atoms with Crippen molar-refractivity contribution >= 4 is 17.2 Å². The number of carbonyl (C=O) groups is 1. The second-order valence-electron chi connectivity index (χ2n) is 9.61. The molecule has 2 atom stereocenters. The van der Waals surface area contributed by atoms with Gasteiger partial charge >= 0.3 is 0 Å². The van der Waals surface area contributed by atoms with E-state index in [1.165, 1.54) is 10.4 Å². The second-order valence-corrected chi connectivity index (χ2v) is 10.6. The molecule has 0 aliphatic carbocycles. The molecule has 1 N–H and O–H groups in total. The largest absolute Gasteiger partial charge is 0.485 e. The zero-order valence-corrected chi connectivity index (χ0v) is 21.6. The molecule has 186 valence electrons. The summed E-state index contributed by atoms with van der Waals surface area (Å²) in [4.78, 5) is 18.0. The van der Waals surface area contributed by atoms with E-state index in [1.807, 2.05) is 25.9 Å². The molecule has 34 heavy (non-hydrogen) atoms. The molecule has 2 fully saturated rings. The third-order valence-corrected chi connectivity index (χ3v) is 8.13. The van der Waals surface area contributed by atoms with E-state index < -0.39 is 0 Å². The van der Waals surface area contributed by atoms with Gasteiger partial charge in [0.2, 0.25) is 0 Å². The minimum atomic E-state index is -0.284. The van der Waals surface area contributed by atoms with Crippen LogP contribution in [0.25, 0.3) is 0 Å². The summed E-state index contributed by atoms with van der Waals surface area (Å²) in [6, 6.07) is 12.7. The number of morpholine rings is 1. The van der Waals surface area contributed by atoms with Crippen molar-refractivity contribution in [2.45, 2.75) is 56.8 Å². The first-order valence-electron chi connectivity index (χ1n) is 12.6. The van der Waals surface area contributed by atoms with Gasteiger partial charge in [-0.05, 0) is 62.4 Å². The van der Waals surface area contributed by atoms with Crippen LogP contribution in [0.2, 0.25) is 0 Å². The first-order valence-corrected chi connectivity index (χ1v) is 13.5. The molecule has 0 saturated carbocycles. The zero-order valence-electron chi connectivity index (χ0n) is 20.8. The van der Waals surface area contributed by atoms with Crippen LogP contribution < -0.4 is 10.1 Å². The van der Waals surface area contributed by atoms with Gasteiger partial charge in [-0.2, -0.15) is 0 Å². The van der Waals surface area contributed by atoms with Crippen molar-refractivity contribution < 1.29 is 14.3 Å². The number of thiophene rings is 1. The lowest BCUT2D eigenvalue weighted by Gasteiger charge is -2.48. The molecule has 0 unspecified atom stereocenters. The van der Waals surface area contributed by atoms with Gasteiger partial charge in [-0.1, -0.05) is 31.2 Å². The molecular formula is C27H39N3O3S. The fourth-order valence-corrected chi connectivity index (χ4v) is 5.92. The molecular weight excluding hydrogens is 446 g/mol. The highest BCUT2D eigenvalue weighted by Crippen LogP contribution is 2.34.